The predicted molar refractivity (Wildman–Crippen MR) is 107 cm³/mol. The Balaban J connectivity index is 1.53. The molecule has 0 spiro atoms. The van der Waals surface area contributed by atoms with E-state index in [-0.39, 0.29) is 0 Å². The molecule has 1 aliphatic carbocycles. The summed E-state index contributed by atoms with van der Waals surface area (Å²) in [5.41, 5.74) is 3.16. The highest BCUT2D eigenvalue weighted by molar-refractivity contribution is 7.80. The Morgan fingerprint density at radius 2 is 1.50 bits per heavy atom. The summed E-state index contributed by atoms with van der Waals surface area (Å²) >= 11 is 5.47. The lowest BCUT2D eigenvalue weighted by atomic mass is 9.86. The number of hydrogen-bond donors (Lipinski definition) is 3. The van der Waals surface area contributed by atoms with E-state index in [2.05, 4.69) is 47.1 Å². The van der Waals surface area contributed by atoms with Crippen LogP contribution in [0.5, 0.6) is 0 Å². The lowest BCUT2D eigenvalue weighted by Crippen LogP contribution is -2.43. The van der Waals surface area contributed by atoms with Gasteiger partial charge in [-0.25, -0.2) is 0 Å². The molecule has 1 aliphatic rings. The van der Waals surface area contributed by atoms with Gasteiger partial charge >= 0.3 is 0 Å². The first kappa shape index (κ1) is 16.8. The van der Waals surface area contributed by atoms with Crippen molar-refractivity contribution in [3.8, 4) is 0 Å². The van der Waals surface area contributed by atoms with E-state index in [1.54, 1.807) is 0 Å². The van der Waals surface area contributed by atoms with E-state index in [1.807, 2.05) is 30.3 Å². The smallest absolute Gasteiger partial charge is 0.171 e. The van der Waals surface area contributed by atoms with E-state index in [4.69, 9.17) is 12.2 Å². The van der Waals surface area contributed by atoms with Crippen molar-refractivity contribution in [1.82, 2.24) is 5.32 Å². The molecule has 1 fully saturated rings. The summed E-state index contributed by atoms with van der Waals surface area (Å²) in [5.74, 6) is 0.691. The number of benzene rings is 2. The molecule has 0 heterocycles. The van der Waals surface area contributed by atoms with Gasteiger partial charge in [0.25, 0.3) is 0 Å². The second kappa shape index (κ2) is 8.15. The first-order valence-electron chi connectivity index (χ1n) is 8.70. The minimum Gasteiger partial charge on any atom is -0.359 e. The quantitative estimate of drug-likeness (QED) is 0.661. The second-order valence-corrected chi connectivity index (χ2v) is 6.94. The van der Waals surface area contributed by atoms with Gasteiger partial charge in [-0.15, -0.1) is 0 Å². The largest absolute Gasteiger partial charge is 0.359 e. The highest BCUT2D eigenvalue weighted by atomic mass is 32.1. The highest BCUT2D eigenvalue weighted by Gasteiger charge is 2.21. The van der Waals surface area contributed by atoms with Crippen molar-refractivity contribution in [2.24, 2.45) is 5.92 Å². The molecule has 0 unspecified atom stereocenters. The Labute approximate surface area is 149 Å². The van der Waals surface area contributed by atoms with Crippen LogP contribution in [0, 0.1) is 5.92 Å². The van der Waals surface area contributed by atoms with Gasteiger partial charge in [0.2, 0.25) is 0 Å². The summed E-state index contributed by atoms with van der Waals surface area (Å²) in [6.07, 6.45) is 5.14. The fourth-order valence-electron chi connectivity index (χ4n) is 3.19. The van der Waals surface area contributed by atoms with Gasteiger partial charge in [0, 0.05) is 23.1 Å². The Bertz CT molecular complexity index is 654. The molecular weight excluding hydrogens is 314 g/mol. The Morgan fingerprint density at radius 1 is 0.875 bits per heavy atom. The van der Waals surface area contributed by atoms with Crippen molar-refractivity contribution in [2.75, 3.05) is 10.6 Å². The van der Waals surface area contributed by atoms with E-state index in [0.717, 1.165) is 22.2 Å². The third kappa shape index (κ3) is 4.71. The summed E-state index contributed by atoms with van der Waals surface area (Å²) in [6, 6.07) is 18.9. The van der Waals surface area contributed by atoms with E-state index >= 15 is 0 Å². The van der Waals surface area contributed by atoms with Crippen LogP contribution in [0.4, 0.5) is 17.1 Å². The third-order valence-corrected chi connectivity index (χ3v) is 4.85. The van der Waals surface area contributed by atoms with Crippen LogP contribution in [0.15, 0.2) is 54.6 Å². The maximum absolute atomic E-state index is 5.47. The van der Waals surface area contributed by atoms with E-state index in [1.165, 1.54) is 25.7 Å². The van der Waals surface area contributed by atoms with Gasteiger partial charge in [0.15, 0.2) is 5.11 Å². The summed E-state index contributed by atoms with van der Waals surface area (Å²) in [5, 5.41) is 10.9. The van der Waals surface area contributed by atoms with Crippen molar-refractivity contribution >= 4 is 34.4 Å². The number of thiocarbonyl (C=S) groups is 1. The molecule has 0 aliphatic heterocycles. The number of nitrogens with one attached hydrogen (secondary N) is 3. The van der Waals surface area contributed by atoms with Crippen LogP contribution >= 0.6 is 12.2 Å². The molecule has 24 heavy (non-hydrogen) atoms. The van der Waals surface area contributed by atoms with Gasteiger partial charge in [-0.05, 0) is 67.4 Å². The van der Waals surface area contributed by atoms with Gasteiger partial charge in [0.1, 0.15) is 0 Å². The topological polar surface area (TPSA) is 36.1 Å². The molecule has 3 N–H and O–H groups in total. The fraction of sp³-hybridized carbons (Fsp3) is 0.350. The molecule has 4 heteroatoms. The molecule has 2 aromatic carbocycles. The average Bonchev–Trinajstić information content (AvgIpc) is 2.60. The van der Waals surface area contributed by atoms with Gasteiger partial charge < -0.3 is 16.0 Å². The number of rotatable bonds is 4. The van der Waals surface area contributed by atoms with Crippen LogP contribution in [0.1, 0.15) is 32.6 Å². The van der Waals surface area contributed by atoms with Gasteiger partial charge in [-0.2, -0.15) is 0 Å². The van der Waals surface area contributed by atoms with Crippen LogP contribution in [0.3, 0.4) is 0 Å². The summed E-state index contributed by atoms with van der Waals surface area (Å²) in [7, 11) is 0. The van der Waals surface area contributed by atoms with Crippen LogP contribution < -0.4 is 16.0 Å². The molecule has 2 aromatic rings. The Kier molecular flexibility index (Phi) is 5.70. The first-order valence-corrected chi connectivity index (χ1v) is 9.11. The lowest BCUT2D eigenvalue weighted by molar-refractivity contribution is 0.309. The Morgan fingerprint density at radius 3 is 2.21 bits per heavy atom. The molecule has 0 bridgehead atoms. The molecule has 0 amide bonds. The zero-order valence-corrected chi connectivity index (χ0v) is 14.9. The maximum Gasteiger partial charge on any atom is 0.171 e. The average molecular weight is 340 g/mol. The minimum atomic E-state index is 0.498. The Hall–Kier alpha value is -2.07. The zero-order valence-electron chi connectivity index (χ0n) is 14.1. The van der Waals surface area contributed by atoms with Gasteiger partial charge in [-0.1, -0.05) is 38.0 Å². The van der Waals surface area contributed by atoms with Crippen LogP contribution in [-0.2, 0) is 0 Å². The summed E-state index contributed by atoms with van der Waals surface area (Å²) < 4.78 is 0. The normalized spacial score (nSPS) is 20.2. The fourth-order valence-corrected chi connectivity index (χ4v) is 3.46. The molecule has 2 atom stereocenters. The van der Waals surface area contributed by atoms with Crippen LogP contribution in [0.2, 0.25) is 0 Å². The second-order valence-electron chi connectivity index (χ2n) is 6.54. The molecular formula is C20H25N3S. The molecule has 3 nitrogen and oxygen atoms in total. The van der Waals surface area contributed by atoms with Crippen LogP contribution in [0.25, 0.3) is 0 Å². The van der Waals surface area contributed by atoms with E-state index in [9.17, 15) is 0 Å². The van der Waals surface area contributed by atoms with Crippen LogP contribution in [-0.4, -0.2) is 11.2 Å². The van der Waals surface area contributed by atoms with Crippen molar-refractivity contribution < 1.29 is 0 Å². The SMILES string of the molecule is C[C@@H]1CCCC[C@H]1NC(=S)Nc1ccc(Nc2ccccc2)cc1. The van der Waals surface area contributed by atoms with E-state index in [0.29, 0.717) is 12.0 Å². The standard InChI is InChI=1S/C20H25N3S/c1-15-7-5-6-10-19(15)23-20(24)22-18-13-11-17(12-14-18)21-16-8-3-2-4-9-16/h2-4,8-9,11-15,19,21H,5-7,10H2,1H3,(H2,22,23,24)/t15-,19-/m1/s1. The number of hydrogen-bond acceptors (Lipinski definition) is 2. The van der Waals surface area contributed by atoms with Gasteiger partial charge in [-0.3, -0.25) is 0 Å². The first-order chi connectivity index (χ1) is 11.7. The van der Waals surface area contributed by atoms with Crippen molar-refractivity contribution in [3.05, 3.63) is 54.6 Å². The van der Waals surface area contributed by atoms with Crippen molar-refractivity contribution in [2.45, 2.75) is 38.6 Å². The van der Waals surface area contributed by atoms with Gasteiger partial charge in [0.05, 0.1) is 0 Å². The summed E-state index contributed by atoms with van der Waals surface area (Å²) in [4.78, 5) is 0. The minimum absolute atomic E-state index is 0.498. The predicted octanol–water partition coefficient (Wildman–Crippen LogP) is 5.30. The lowest BCUT2D eigenvalue weighted by Gasteiger charge is -2.30. The number of anilines is 3. The van der Waals surface area contributed by atoms with Crippen molar-refractivity contribution in [1.29, 1.82) is 0 Å². The molecule has 0 saturated heterocycles. The molecule has 3 rings (SSSR count). The molecule has 0 aromatic heterocycles. The third-order valence-electron chi connectivity index (χ3n) is 4.63. The maximum atomic E-state index is 5.47. The van der Waals surface area contributed by atoms with E-state index < -0.39 is 0 Å². The molecule has 0 radical (unpaired) electrons. The number of para-hydroxylation sites is 1. The molecule has 1 saturated carbocycles. The monoisotopic (exact) mass is 339 g/mol. The molecule has 126 valence electrons. The van der Waals surface area contributed by atoms with Crippen molar-refractivity contribution in [3.63, 3.8) is 0 Å². The summed E-state index contributed by atoms with van der Waals surface area (Å²) in [6.45, 7) is 2.31. The zero-order chi connectivity index (χ0) is 16.8. The highest BCUT2D eigenvalue weighted by Crippen LogP contribution is 2.24.